The van der Waals surface area contributed by atoms with Crippen LogP contribution in [0.2, 0.25) is 0 Å². The summed E-state index contributed by atoms with van der Waals surface area (Å²) in [5, 5.41) is 9.11. The summed E-state index contributed by atoms with van der Waals surface area (Å²) >= 11 is 0. The van der Waals surface area contributed by atoms with Gasteiger partial charge in [-0.05, 0) is 6.92 Å². The van der Waals surface area contributed by atoms with Gasteiger partial charge in [0.05, 0.1) is 12.7 Å². The highest BCUT2D eigenvalue weighted by Crippen LogP contribution is 2.01. The molecule has 0 saturated heterocycles. The van der Waals surface area contributed by atoms with Gasteiger partial charge >= 0.3 is 0 Å². The number of aromatic nitrogens is 4. The van der Waals surface area contributed by atoms with Crippen molar-refractivity contribution in [1.82, 2.24) is 25.5 Å². The largest absolute Gasteiger partial charge is 0.444 e. The number of H-pyrrole nitrogens is 1. The van der Waals surface area contributed by atoms with Gasteiger partial charge in [0.1, 0.15) is 11.6 Å². The van der Waals surface area contributed by atoms with Crippen molar-refractivity contribution in [3.63, 3.8) is 0 Å². The number of nitrogens with one attached hydrogen (secondary N) is 2. The molecular formula is C10H13N5O2. The molecule has 2 aromatic heterocycles. The van der Waals surface area contributed by atoms with Crippen LogP contribution in [-0.2, 0) is 13.0 Å². The van der Waals surface area contributed by atoms with Crippen molar-refractivity contribution in [2.24, 2.45) is 0 Å². The Balaban J connectivity index is 1.93. The smallest absolute Gasteiger partial charge is 0.291 e. The van der Waals surface area contributed by atoms with E-state index in [1.54, 1.807) is 13.1 Å². The highest BCUT2D eigenvalue weighted by Gasteiger charge is 2.12. The minimum Gasteiger partial charge on any atom is -0.444 e. The van der Waals surface area contributed by atoms with Crippen molar-refractivity contribution in [2.45, 2.75) is 26.8 Å². The molecule has 0 radical (unpaired) electrons. The van der Waals surface area contributed by atoms with Gasteiger partial charge in [-0.1, -0.05) is 6.92 Å². The molecule has 7 nitrogen and oxygen atoms in total. The molecule has 0 aliphatic carbocycles. The lowest BCUT2D eigenvalue weighted by Gasteiger charge is -1.97. The first-order valence-electron chi connectivity index (χ1n) is 5.30. The van der Waals surface area contributed by atoms with E-state index in [0.29, 0.717) is 23.9 Å². The Morgan fingerprint density at radius 3 is 3.00 bits per heavy atom. The minimum absolute atomic E-state index is 0.130. The fourth-order valence-electron chi connectivity index (χ4n) is 1.27. The van der Waals surface area contributed by atoms with Crippen LogP contribution in [0.4, 0.5) is 0 Å². The zero-order chi connectivity index (χ0) is 12.3. The van der Waals surface area contributed by atoms with Gasteiger partial charge in [0.2, 0.25) is 11.7 Å². The summed E-state index contributed by atoms with van der Waals surface area (Å²) in [6.07, 6.45) is 2.31. The van der Waals surface area contributed by atoms with Crippen molar-refractivity contribution < 1.29 is 9.21 Å². The van der Waals surface area contributed by atoms with Crippen LogP contribution in [-0.4, -0.2) is 26.1 Å². The fourth-order valence-corrected chi connectivity index (χ4v) is 1.27. The van der Waals surface area contributed by atoms with Gasteiger partial charge in [-0.25, -0.2) is 9.97 Å². The molecule has 2 N–H and O–H groups in total. The second kappa shape index (κ2) is 4.77. The predicted octanol–water partition coefficient (Wildman–Crippen LogP) is 0.594. The molecule has 90 valence electrons. The van der Waals surface area contributed by atoms with Gasteiger partial charge in [0, 0.05) is 6.42 Å². The maximum absolute atomic E-state index is 11.6. The lowest BCUT2D eigenvalue weighted by Crippen LogP contribution is -2.24. The summed E-state index contributed by atoms with van der Waals surface area (Å²) < 4.78 is 5.22. The molecule has 2 rings (SSSR count). The van der Waals surface area contributed by atoms with Gasteiger partial charge in [-0.15, -0.1) is 5.10 Å². The highest BCUT2D eigenvalue weighted by atomic mass is 16.4. The summed E-state index contributed by atoms with van der Waals surface area (Å²) in [5.74, 6) is 1.63. The lowest BCUT2D eigenvalue weighted by molar-refractivity contribution is 0.0937. The first-order valence-corrected chi connectivity index (χ1v) is 5.30. The molecule has 0 spiro atoms. The Morgan fingerprint density at radius 2 is 2.41 bits per heavy atom. The third kappa shape index (κ3) is 2.68. The topological polar surface area (TPSA) is 96.7 Å². The van der Waals surface area contributed by atoms with Crippen molar-refractivity contribution in [3.05, 3.63) is 29.5 Å². The van der Waals surface area contributed by atoms with Crippen LogP contribution in [0.25, 0.3) is 0 Å². The number of rotatable bonds is 4. The Labute approximate surface area is 97.7 Å². The average Bonchev–Trinajstić information content (AvgIpc) is 2.94. The fraction of sp³-hybridized carbons (Fsp3) is 0.400. The van der Waals surface area contributed by atoms with E-state index in [2.05, 4.69) is 25.5 Å². The van der Waals surface area contributed by atoms with Crippen LogP contribution in [0, 0.1) is 6.92 Å². The number of hydrogen-bond acceptors (Lipinski definition) is 5. The minimum atomic E-state index is -0.350. The standard InChI is InChI=1S/C10H13N5O2/c1-3-7-13-9(15-14-7)10(16)12-5-8-11-4-6(2)17-8/h4H,3,5H2,1-2H3,(H,12,16)(H,13,14,15). The molecule has 0 aliphatic rings. The molecule has 0 aliphatic heterocycles. The lowest BCUT2D eigenvalue weighted by atomic mass is 10.4. The Morgan fingerprint density at radius 1 is 1.59 bits per heavy atom. The summed E-state index contributed by atoms with van der Waals surface area (Å²) in [4.78, 5) is 19.6. The molecular weight excluding hydrogens is 222 g/mol. The number of amides is 1. The first kappa shape index (κ1) is 11.3. The van der Waals surface area contributed by atoms with Gasteiger partial charge < -0.3 is 9.73 Å². The van der Waals surface area contributed by atoms with E-state index in [1.807, 2.05) is 6.92 Å². The zero-order valence-electron chi connectivity index (χ0n) is 9.65. The van der Waals surface area contributed by atoms with Crippen molar-refractivity contribution in [3.8, 4) is 0 Å². The predicted molar refractivity (Wildman–Crippen MR) is 58.2 cm³/mol. The Hall–Kier alpha value is -2.18. The monoisotopic (exact) mass is 235 g/mol. The summed E-state index contributed by atoms with van der Waals surface area (Å²) in [5.41, 5.74) is 0. The van der Waals surface area contributed by atoms with Crippen molar-refractivity contribution in [1.29, 1.82) is 0 Å². The molecule has 17 heavy (non-hydrogen) atoms. The van der Waals surface area contributed by atoms with Gasteiger partial charge in [0.15, 0.2) is 0 Å². The molecule has 0 atom stereocenters. The molecule has 2 aromatic rings. The number of carbonyl (C=O) groups is 1. The van der Waals surface area contributed by atoms with Gasteiger partial charge in [0.25, 0.3) is 5.91 Å². The number of aromatic amines is 1. The van der Waals surface area contributed by atoms with Gasteiger partial charge in [-0.2, -0.15) is 0 Å². The number of hydrogen-bond donors (Lipinski definition) is 2. The van der Waals surface area contributed by atoms with Crippen LogP contribution in [0.15, 0.2) is 10.6 Å². The summed E-state index contributed by atoms with van der Waals surface area (Å²) in [7, 11) is 0. The molecule has 7 heteroatoms. The SMILES string of the molecule is CCc1nc(C(=O)NCc2ncc(C)o2)n[nH]1. The van der Waals surface area contributed by atoms with E-state index < -0.39 is 0 Å². The van der Waals surface area contributed by atoms with E-state index >= 15 is 0 Å². The van der Waals surface area contributed by atoms with Crippen LogP contribution in [0.3, 0.4) is 0 Å². The average molecular weight is 235 g/mol. The van der Waals surface area contributed by atoms with Crippen LogP contribution < -0.4 is 5.32 Å². The second-order valence-electron chi connectivity index (χ2n) is 3.51. The van der Waals surface area contributed by atoms with E-state index in [1.165, 1.54) is 0 Å². The molecule has 0 aromatic carbocycles. The molecule has 0 fully saturated rings. The van der Waals surface area contributed by atoms with Crippen molar-refractivity contribution >= 4 is 5.91 Å². The zero-order valence-corrected chi connectivity index (χ0v) is 9.65. The number of carbonyl (C=O) groups excluding carboxylic acids is 1. The third-order valence-electron chi connectivity index (χ3n) is 2.14. The Bertz CT molecular complexity index is 516. The molecule has 0 bridgehead atoms. The Kier molecular flexibility index (Phi) is 3.17. The maximum atomic E-state index is 11.6. The molecule has 2 heterocycles. The third-order valence-corrected chi connectivity index (χ3v) is 2.14. The molecule has 0 saturated carbocycles. The number of oxazole rings is 1. The molecule has 1 amide bonds. The van der Waals surface area contributed by atoms with Crippen LogP contribution in [0.5, 0.6) is 0 Å². The highest BCUT2D eigenvalue weighted by molar-refractivity contribution is 5.90. The van der Waals surface area contributed by atoms with E-state index in [0.717, 1.165) is 0 Å². The second-order valence-corrected chi connectivity index (χ2v) is 3.51. The van der Waals surface area contributed by atoms with Crippen molar-refractivity contribution in [2.75, 3.05) is 0 Å². The summed E-state index contributed by atoms with van der Waals surface area (Å²) in [6, 6.07) is 0. The first-order chi connectivity index (χ1) is 8.19. The van der Waals surface area contributed by atoms with E-state index in [-0.39, 0.29) is 18.3 Å². The molecule has 0 unspecified atom stereocenters. The maximum Gasteiger partial charge on any atom is 0.291 e. The number of aryl methyl sites for hydroxylation is 2. The van der Waals surface area contributed by atoms with E-state index in [9.17, 15) is 4.79 Å². The van der Waals surface area contributed by atoms with Crippen LogP contribution >= 0.6 is 0 Å². The normalized spacial score (nSPS) is 10.5. The summed E-state index contributed by atoms with van der Waals surface area (Å²) in [6.45, 7) is 3.95. The van der Waals surface area contributed by atoms with Crippen LogP contribution in [0.1, 0.15) is 35.0 Å². The van der Waals surface area contributed by atoms with E-state index in [4.69, 9.17) is 4.42 Å². The quantitative estimate of drug-likeness (QED) is 0.808. The number of nitrogens with zero attached hydrogens (tertiary/aromatic N) is 3. The van der Waals surface area contributed by atoms with Gasteiger partial charge in [-0.3, -0.25) is 9.89 Å².